The van der Waals surface area contributed by atoms with E-state index in [4.69, 9.17) is 5.73 Å². The van der Waals surface area contributed by atoms with Crippen molar-refractivity contribution in [2.75, 3.05) is 5.73 Å². The van der Waals surface area contributed by atoms with Crippen LogP contribution in [0.4, 0.5) is 5.69 Å². The third kappa shape index (κ3) is 1.81. The lowest BCUT2D eigenvalue weighted by atomic mass is 10.3. The van der Waals surface area contributed by atoms with E-state index in [9.17, 15) is 0 Å². The summed E-state index contributed by atoms with van der Waals surface area (Å²) >= 11 is 0. The second-order valence-corrected chi connectivity index (χ2v) is 3.93. The molecule has 16 heavy (non-hydrogen) atoms. The first-order chi connectivity index (χ1) is 7.76. The normalized spacial score (nSPS) is 10.8. The first-order valence-corrected chi connectivity index (χ1v) is 5.61. The van der Waals surface area contributed by atoms with Crippen LogP contribution in [-0.4, -0.2) is 9.55 Å². The van der Waals surface area contributed by atoms with Crippen molar-refractivity contribution < 1.29 is 0 Å². The summed E-state index contributed by atoms with van der Waals surface area (Å²) in [6.45, 7) is 6.75. The summed E-state index contributed by atoms with van der Waals surface area (Å²) in [5, 5.41) is 0. The third-order valence-electron chi connectivity index (χ3n) is 2.64. The van der Waals surface area contributed by atoms with Crippen LogP contribution < -0.4 is 5.73 Å². The zero-order valence-electron chi connectivity index (χ0n) is 9.61. The van der Waals surface area contributed by atoms with Gasteiger partial charge in [-0.25, -0.2) is 4.98 Å². The molecule has 0 aliphatic rings. The molecule has 0 aliphatic carbocycles. The highest BCUT2D eigenvalue weighted by Crippen LogP contribution is 2.19. The fourth-order valence-corrected chi connectivity index (χ4v) is 1.94. The van der Waals surface area contributed by atoms with Crippen molar-refractivity contribution in [1.82, 2.24) is 9.55 Å². The van der Waals surface area contributed by atoms with Gasteiger partial charge in [0.15, 0.2) is 0 Å². The maximum absolute atomic E-state index is 5.76. The lowest BCUT2D eigenvalue weighted by Crippen LogP contribution is -2.01. The van der Waals surface area contributed by atoms with Crippen molar-refractivity contribution in [3.05, 3.63) is 36.7 Å². The third-order valence-corrected chi connectivity index (χ3v) is 2.64. The molecular weight excluding hydrogens is 198 g/mol. The average molecular weight is 215 g/mol. The predicted molar refractivity (Wildman–Crippen MR) is 68.3 cm³/mol. The minimum atomic E-state index is 0.763. The van der Waals surface area contributed by atoms with Gasteiger partial charge in [-0.3, -0.25) is 0 Å². The zero-order valence-corrected chi connectivity index (χ0v) is 9.61. The molecule has 0 bridgehead atoms. The highest BCUT2D eigenvalue weighted by atomic mass is 15.1. The van der Waals surface area contributed by atoms with Gasteiger partial charge < -0.3 is 10.3 Å². The van der Waals surface area contributed by atoms with Crippen LogP contribution in [0.2, 0.25) is 0 Å². The van der Waals surface area contributed by atoms with E-state index in [1.807, 2.05) is 24.3 Å². The number of nitrogen functional groups attached to an aromatic ring is 1. The van der Waals surface area contributed by atoms with Gasteiger partial charge in [0.05, 0.1) is 11.0 Å². The van der Waals surface area contributed by atoms with Crippen molar-refractivity contribution in [2.45, 2.75) is 26.3 Å². The average Bonchev–Trinajstić information content (AvgIpc) is 2.57. The molecule has 0 atom stereocenters. The molecule has 3 heteroatoms. The summed E-state index contributed by atoms with van der Waals surface area (Å²) in [4.78, 5) is 4.62. The lowest BCUT2D eigenvalue weighted by Gasteiger charge is -2.04. The number of rotatable bonds is 4. The Labute approximate surface area is 95.6 Å². The minimum Gasteiger partial charge on any atom is -0.399 e. The fraction of sp³-hybridized carbons (Fsp3) is 0.308. The number of benzene rings is 1. The summed E-state index contributed by atoms with van der Waals surface area (Å²) in [5.41, 5.74) is 8.64. The van der Waals surface area contributed by atoms with Crippen molar-refractivity contribution >= 4 is 16.7 Å². The quantitative estimate of drug-likeness (QED) is 0.629. The Kier molecular flexibility index (Phi) is 2.95. The molecule has 2 N–H and O–H groups in total. The van der Waals surface area contributed by atoms with Gasteiger partial charge in [-0.1, -0.05) is 13.0 Å². The van der Waals surface area contributed by atoms with Gasteiger partial charge in [0.1, 0.15) is 5.82 Å². The monoisotopic (exact) mass is 215 g/mol. The van der Waals surface area contributed by atoms with Crippen LogP contribution in [0.15, 0.2) is 30.9 Å². The van der Waals surface area contributed by atoms with Crippen molar-refractivity contribution in [3.63, 3.8) is 0 Å². The zero-order chi connectivity index (χ0) is 11.5. The number of hydrogen-bond acceptors (Lipinski definition) is 2. The van der Waals surface area contributed by atoms with Crippen LogP contribution in [-0.2, 0) is 13.0 Å². The first kappa shape index (κ1) is 10.7. The van der Waals surface area contributed by atoms with Crippen LogP contribution in [0, 0.1) is 0 Å². The van der Waals surface area contributed by atoms with E-state index >= 15 is 0 Å². The Morgan fingerprint density at radius 1 is 1.50 bits per heavy atom. The van der Waals surface area contributed by atoms with Gasteiger partial charge in [0.2, 0.25) is 0 Å². The van der Waals surface area contributed by atoms with E-state index in [0.717, 1.165) is 41.9 Å². The molecule has 0 aliphatic heterocycles. The minimum absolute atomic E-state index is 0.763. The van der Waals surface area contributed by atoms with Crippen molar-refractivity contribution in [3.8, 4) is 0 Å². The summed E-state index contributed by atoms with van der Waals surface area (Å²) in [5.74, 6) is 1.11. The van der Waals surface area contributed by atoms with Gasteiger partial charge in [-0.15, -0.1) is 6.58 Å². The lowest BCUT2D eigenvalue weighted by molar-refractivity contribution is 0.734. The fourth-order valence-electron chi connectivity index (χ4n) is 1.94. The molecule has 0 saturated heterocycles. The standard InChI is InChI=1S/C13H17N3/c1-3-5-13-15-11-9-10(14)6-7-12(11)16(13)8-4-2/h4,6-7,9H,2-3,5,8,14H2,1H3. The van der Waals surface area contributed by atoms with Crippen LogP contribution in [0.3, 0.4) is 0 Å². The van der Waals surface area contributed by atoms with Gasteiger partial charge in [-0.2, -0.15) is 0 Å². The van der Waals surface area contributed by atoms with Crippen molar-refractivity contribution in [2.24, 2.45) is 0 Å². The van der Waals surface area contributed by atoms with Gasteiger partial charge in [0.25, 0.3) is 0 Å². The Balaban J connectivity index is 2.60. The summed E-state index contributed by atoms with van der Waals surface area (Å²) in [7, 11) is 0. The number of anilines is 1. The molecule has 1 heterocycles. The molecule has 2 aromatic rings. The molecule has 0 amide bonds. The smallest absolute Gasteiger partial charge is 0.110 e. The van der Waals surface area contributed by atoms with Crippen LogP contribution in [0.1, 0.15) is 19.2 Å². The predicted octanol–water partition coefficient (Wildman–Crippen LogP) is 2.76. The highest BCUT2D eigenvalue weighted by molar-refractivity contribution is 5.79. The maximum atomic E-state index is 5.76. The van der Waals surface area contributed by atoms with E-state index in [1.54, 1.807) is 0 Å². The number of fused-ring (bicyclic) bond motifs is 1. The second kappa shape index (κ2) is 4.39. The number of imidazole rings is 1. The van der Waals surface area contributed by atoms with Crippen LogP contribution in [0.25, 0.3) is 11.0 Å². The Morgan fingerprint density at radius 3 is 3.00 bits per heavy atom. The van der Waals surface area contributed by atoms with E-state index in [2.05, 4.69) is 23.1 Å². The number of aromatic nitrogens is 2. The molecule has 2 rings (SSSR count). The number of nitrogens with zero attached hydrogens (tertiary/aromatic N) is 2. The summed E-state index contributed by atoms with van der Waals surface area (Å²) < 4.78 is 2.20. The van der Waals surface area contributed by atoms with E-state index in [-0.39, 0.29) is 0 Å². The number of aryl methyl sites for hydroxylation is 1. The largest absolute Gasteiger partial charge is 0.399 e. The van der Waals surface area contributed by atoms with E-state index < -0.39 is 0 Å². The Bertz CT molecular complexity index is 511. The first-order valence-electron chi connectivity index (χ1n) is 5.61. The van der Waals surface area contributed by atoms with Gasteiger partial charge >= 0.3 is 0 Å². The molecule has 0 spiro atoms. The number of hydrogen-bond donors (Lipinski definition) is 1. The molecule has 1 aromatic carbocycles. The molecule has 84 valence electrons. The number of allylic oxidation sites excluding steroid dienone is 1. The van der Waals surface area contributed by atoms with Gasteiger partial charge in [0, 0.05) is 18.7 Å². The summed E-state index contributed by atoms with van der Waals surface area (Å²) in [6.07, 6.45) is 3.98. The molecule has 0 unspecified atom stereocenters. The Morgan fingerprint density at radius 2 is 2.31 bits per heavy atom. The maximum Gasteiger partial charge on any atom is 0.110 e. The second-order valence-electron chi connectivity index (χ2n) is 3.93. The molecule has 0 saturated carbocycles. The van der Waals surface area contributed by atoms with E-state index in [1.165, 1.54) is 0 Å². The highest BCUT2D eigenvalue weighted by Gasteiger charge is 2.08. The summed E-state index contributed by atoms with van der Waals surface area (Å²) in [6, 6.07) is 5.87. The van der Waals surface area contributed by atoms with Crippen LogP contribution in [0.5, 0.6) is 0 Å². The van der Waals surface area contributed by atoms with Crippen LogP contribution >= 0.6 is 0 Å². The Hall–Kier alpha value is -1.77. The number of nitrogens with two attached hydrogens (primary N) is 1. The topological polar surface area (TPSA) is 43.8 Å². The molecule has 0 fully saturated rings. The van der Waals surface area contributed by atoms with Crippen molar-refractivity contribution in [1.29, 1.82) is 0 Å². The molecule has 0 radical (unpaired) electrons. The van der Waals surface area contributed by atoms with Gasteiger partial charge in [-0.05, 0) is 24.6 Å². The van der Waals surface area contributed by atoms with E-state index in [0.29, 0.717) is 0 Å². The SMILES string of the molecule is C=CCn1c(CCC)nc2cc(N)ccc21. The molecular formula is C13H17N3. The molecule has 3 nitrogen and oxygen atoms in total. The molecule has 1 aromatic heterocycles.